The largest absolute Gasteiger partial charge is 0.325 e. The molecule has 5 atom stereocenters. The molecule has 2 aromatic carbocycles. The van der Waals surface area contributed by atoms with Crippen LogP contribution in [0.5, 0.6) is 0 Å². The van der Waals surface area contributed by atoms with Crippen molar-refractivity contribution in [2.24, 2.45) is 17.8 Å². The van der Waals surface area contributed by atoms with Gasteiger partial charge in [-0.25, -0.2) is 4.39 Å². The lowest BCUT2D eigenvalue weighted by Crippen LogP contribution is -2.35. The van der Waals surface area contributed by atoms with E-state index in [0.717, 1.165) is 9.90 Å². The number of nitrogens with one attached hydrogen (secondary N) is 1. The van der Waals surface area contributed by atoms with Crippen LogP contribution in [0.3, 0.4) is 0 Å². The molecule has 1 aliphatic heterocycles. The third-order valence-corrected chi connectivity index (χ3v) is 11.1. The summed E-state index contributed by atoms with van der Waals surface area (Å²) in [6.45, 7) is 6.65. The van der Waals surface area contributed by atoms with Crippen LogP contribution in [0.15, 0.2) is 58.4 Å². The second-order valence-corrected chi connectivity index (χ2v) is 13.7. The molecule has 2 saturated carbocycles. The molecule has 2 bridgehead atoms. The summed E-state index contributed by atoms with van der Waals surface area (Å²) in [5.41, 5.74) is 3.21. The van der Waals surface area contributed by atoms with Gasteiger partial charge in [0, 0.05) is 21.7 Å². The van der Waals surface area contributed by atoms with Crippen molar-refractivity contribution in [3.05, 3.63) is 80.0 Å². The Morgan fingerprint density at radius 2 is 1.75 bits per heavy atom. The number of thioether (sulfide) groups is 1. The van der Waals surface area contributed by atoms with Gasteiger partial charge in [-0.2, -0.15) is 0 Å². The van der Waals surface area contributed by atoms with E-state index in [4.69, 9.17) is 0 Å². The van der Waals surface area contributed by atoms with Crippen LogP contribution >= 0.6 is 23.1 Å². The van der Waals surface area contributed by atoms with Gasteiger partial charge in [0.15, 0.2) is 0 Å². The van der Waals surface area contributed by atoms with E-state index in [-0.39, 0.29) is 34.5 Å². The third kappa shape index (κ3) is 4.14. The highest BCUT2D eigenvalue weighted by molar-refractivity contribution is 8.00. The molecule has 0 radical (unpaired) electrons. The lowest BCUT2D eigenvalue weighted by atomic mass is 9.74. The molecule has 1 N–H and O–H groups in total. The van der Waals surface area contributed by atoms with Crippen molar-refractivity contribution in [2.75, 3.05) is 5.32 Å². The fourth-order valence-electron chi connectivity index (χ4n) is 6.53. The Bertz CT molecular complexity index is 1350. The van der Waals surface area contributed by atoms with E-state index in [1.807, 2.05) is 11.8 Å². The fraction of sp³-hybridized carbons (Fsp3) is 0.448. The van der Waals surface area contributed by atoms with Crippen LogP contribution in [-0.2, 0) is 16.8 Å². The van der Waals surface area contributed by atoms with Crippen molar-refractivity contribution in [2.45, 2.75) is 68.2 Å². The molecular formula is C29H31FN2O2S2. The van der Waals surface area contributed by atoms with E-state index in [1.165, 1.54) is 66.0 Å². The Hall–Kier alpha value is -2.38. The van der Waals surface area contributed by atoms with Crippen LogP contribution in [0, 0.1) is 23.6 Å². The predicted octanol–water partition coefficient (Wildman–Crippen LogP) is 6.64. The van der Waals surface area contributed by atoms with Gasteiger partial charge in [0.1, 0.15) is 12.4 Å². The highest BCUT2D eigenvalue weighted by Crippen LogP contribution is 2.64. The van der Waals surface area contributed by atoms with E-state index in [1.54, 1.807) is 4.57 Å². The molecule has 1 amide bonds. The van der Waals surface area contributed by atoms with Crippen molar-refractivity contribution < 1.29 is 9.18 Å². The number of thiazole rings is 1. The Labute approximate surface area is 219 Å². The quantitative estimate of drug-likeness (QED) is 0.418. The topological polar surface area (TPSA) is 51.1 Å². The summed E-state index contributed by atoms with van der Waals surface area (Å²) in [5, 5.41) is 4.27. The number of nitrogens with zero attached hydrogens (tertiary/aromatic N) is 1. The number of carbonyl (C=O) groups is 1. The first kappa shape index (κ1) is 24.0. The van der Waals surface area contributed by atoms with Gasteiger partial charge in [0.05, 0.1) is 5.03 Å². The zero-order valence-corrected chi connectivity index (χ0v) is 22.4. The van der Waals surface area contributed by atoms with Gasteiger partial charge in [0.2, 0.25) is 5.91 Å². The van der Waals surface area contributed by atoms with E-state index in [2.05, 4.69) is 50.4 Å². The van der Waals surface area contributed by atoms with Crippen molar-refractivity contribution in [3.8, 4) is 0 Å². The van der Waals surface area contributed by atoms with E-state index >= 15 is 0 Å². The van der Waals surface area contributed by atoms with Crippen LogP contribution in [0.2, 0.25) is 0 Å². The molecule has 0 saturated heterocycles. The van der Waals surface area contributed by atoms with Gasteiger partial charge < -0.3 is 5.32 Å². The Balaban J connectivity index is 1.35. The zero-order chi connectivity index (χ0) is 25.2. The van der Waals surface area contributed by atoms with Gasteiger partial charge >= 0.3 is 4.87 Å². The van der Waals surface area contributed by atoms with Gasteiger partial charge in [-0.15, -0.1) is 11.8 Å². The molecule has 36 heavy (non-hydrogen) atoms. The number of benzene rings is 2. The number of hydrogen-bond donors (Lipinski definition) is 1. The molecule has 2 aliphatic carbocycles. The van der Waals surface area contributed by atoms with Crippen LogP contribution < -0.4 is 10.2 Å². The second kappa shape index (κ2) is 8.88. The Morgan fingerprint density at radius 1 is 1.06 bits per heavy atom. The van der Waals surface area contributed by atoms with Crippen molar-refractivity contribution >= 4 is 34.7 Å². The van der Waals surface area contributed by atoms with E-state index < -0.39 is 0 Å². The molecular weight excluding hydrogens is 491 g/mol. The zero-order valence-electron chi connectivity index (χ0n) is 20.8. The minimum absolute atomic E-state index is 0.0315. The standard InChI is InChI=1S/C29H31FN2O2S2/c1-29(2,3)19-8-6-16(7-9-19)23-24-17-4-5-18(14-17)25(24)35-27-26(23)36-28(34)32(27)15-22(33)31-21-12-10-20(30)11-13-21/h6-13,17-18,23-25H,4-5,14-15H2,1-3H3,(H,31,33)/t17-,18-,23-,24-,25+/m0/s1. The Kier molecular flexibility index (Phi) is 5.91. The van der Waals surface area contributed by atoms with Gasteiger partial charge in [-0.1, -0.05) is 56.4 Å². The van der Waals surface area contributed by atoms with Crippen molar-refractivity contribution in [1.82, 2.24) is 4.57 Å². The highest BCUT2D eigenvalue weighted by atomic mass is 32.2. The molecule has 4 nitrogen and oxygen atoms in total. The van der Waals surface area contributed by atoms with Crippen molar-refractivity contribution in [3.63, 3.8) is 0 Å². The smallest absolute Gasteiger partial charge is 0.308 e. The summed E-state index contributed by atoms with van der Waals surface area (Å²) >= 11 is 3.15. The van der Waals surface area contributed by atoms with E-state index in [0.29, 0.717) is 28.7 Å². The van der Waals surface area contributed by atoms with E-state index in [9.17, 15) is 14.0 Å². The normalized spacial score (nSPS) is 26.5. The number of carbonyl (C=O) groups excluding carboxylic acids is 1. The maximum absolute atomic E-state index is 13.2. The first-order valence-electron chi connectivity index (χ1n) is 12.7. The second-order valence-electron chi connectivity index (χ2n) is 11.5. The number of halogens is 1. The number of amides is 1. The summed E-state index contributed by atoms with van der Waals surface area (Å²) in [4.78, 5) is 27.2. The van der Waals surface area contributed by atoms with Crippen LogP contribution in [0.25, 0.3) is 0 Å². The van der Waals surface area contributed by atoms with Crippen LogP contribution in [-0.4, -0.2) is 15.7 Å². The summed E-state index contributed by atoms with van der Waals surface area (Å²) < 4.78 is 14.9. The van der Waals surface area contributed by atoms with Crippen LogP contribution in [0.1, 0.15) is 62.0 Å². The average Bonchev–Trinajstić information content (AvgIpc) is 3.53. The lowest BCUT2D eigenvalue weighted by Gasteiger charge is -2.40. The number of rotatable bonds is 4. The predicted molar refractivity (Wildman–Crippen MR) is 145 cm³/mol. The summed E-state index contributed by atoms with van der Waals surface area (Å²) in [7, 11) is 0. The van der Waals surface area contributed by atoms with Crippen LogP contribution in [0.4, 0.5) is 10.1 Å². The minimum atomic E-state index is -0.352. The van der Waals surface area contributed by atoms with Gasteiger partial charge in [-0.05, 0) is 77.8 Å². The lowest BCUT2D eigenvalue weighted by molar-refractivity contribution is -0.116. The molecule has 0 spiro atoms. The number of hydrogen-bond acceptors (Lipinski definition) is 4. The summed E-state index contributed by atoms with van der Waals surface area (Å²) in [5.74, 6) is 1.52. The molecule has 2 heterocycles. The first-order valence-corrected chi connectivity index (χ1v) is 14.4. The SMILES string of the molecule is CC(C)(C)c1ccc([C@@H]2c3sc(=O)n(CC(=O)Nc4ccc(F)cc4)c3S[C@@H]3[C@H]4CC[C@@H](C4)[C@@H]23)cc1. The minimum Gasteiger partial charge on any atom is -0.325 e. The maximum atomic E-state index is 13.2. The van der Waals surface area contributed by atoms with Gasteiger partial charge in [0.25, 0.3) is 0 Å². The monoisotopic (exact) mass is 522 g/mol. The van der Waals surface area contributed by atoms with Crippen molar-refractivity contribution in [1.29, 1.82) is 0 Å². The fourth-order valence-corrected chi connectivity index (χ4v) is 9.68. The molecule has 3 aromatic rings. The number of fused-ring (bicyclic) bond motifs is 6. The highest BCUT2D eigenvalue weighted by Gasteiger charge is 2.55. The molecule has 2 fully saturated rings. The first-order chi connectivity index (χ1) is 17.2. The molecule has 7 heteroatoms. The third-order valence-electron chi connectivity index (χ3n) is 8.26. The molecule has 6 rings (SSSR count). The summed E-state index contributed by atoms with van der Waals surface area (Å²) in [6, 6.07) is 14.7. The molecule has 188 valence electrons. The molecule has 1 aromatic heterocycles. The van der Waals surface area contributed by atoms with Gasteiger partial charge in [-0.3, -0.25) is 14.2 Å². The number of anilines is 1. The summed E-state index contributed by atoms with van der Waals surface area (Å²) in [6.07, 6.45) is 3.83. The average molecular weight is 523 g/mol. The number of aromatic nitrogens is 1. The molecule has 0 unspecified atom stereocenters. The molecule has 3 aliphatic rings. The Morgan fingerprint density at radius 3 is 2.44 bits per heavy atom. The maximum Gasteiger partial charge on any atom is 0.308 e.